The van der Waals surface area contributed by atoms with Gasteiger partial charge in [-0.3, -0.25) is 4.79 Å². The molecular weight excluding hydrogens is 484 g/mol. The van der Waals surface area contributed by atoms with Gasteiger partial charge in [0.15, 0.2) is 0 Å². The molecule has 7 nitrogen and oxygen atoms in total. The lowest BCUT2D eigenvalue weighted by Crippen LogP contribution is -2.50. The highest BCUT2D eigenvalue weighted by Gasteiger charge is 2.30. The number of nitrogens with zero attached hydrogens (tertiary/aromatic N) is 3. The fourth-order valence-corrected chi connectivity index (χ4v) is 5.78. The molecule has 0 saturated carbocycles. The molecule has 1 N–H and O–H groups in total. The lowest BCUT2D eigenvalue weighted by atomic mass is 10.0. The predicted molar refractivity (Wildman–Crippen MR) is 147 cm³/mol. The number of carbonyl (C=O) groups is 2. The molecule has 1 saturated heterocycles. The summed E-state index contributed by atoms with van der Waals surface area (Å²) in [5.41, 5.74) is 3.58. The van der Waals surface area contributed by atoms with Gasteiger partial charge in [-0.15, -0.1) is 11.3 Å². The number of rotatable bonds is 6. The molecule has 5 rings (SSSR count). The lowest BCUT2D eigenvalue weighted by Gasteiger charge is -2.38. The third-order valence-corrected chi connectivity index (χ3v) is 7.88. The van der Waals surface area contributed by atoms with Crippen LogP contribution in [-0.4, -0.2) is 60.0 Å². The Morgan fingerprint density at radius 1 is 1.05 bits per heavy atom. The Balaban J connectivity index is 1.27. The summed E-state index contributed by atoms with van der Waals surface area (Å²) in [4.78, 5) is 34.6. The van der Waals surface area contributed by atoms with Crippen LogP contribution >= 0.6 is 11.3 Å². The summed E-state index contributed by atoms with van der Waals surface area (Å²) in [6.45, 7) is 1.77. The number of methoxy groups -OCH3 is 1. The zero-order valence-electron chi connectivity index (χ0n) is 21.0. The number of nitrogens with one attached hydrogen (secondary N) is 1. The molecule has 1 fully saturated rings. The lowest BCUT2D eigenvalue weighted by molar-refractivity contribution is 0.0647. The van der Waals surface area contributed by atoms with E-state index in [0.717, 1.165) is 44.9 Å². The van der Waals surface area contributed by atoms with Crippen LogP contribution in [0.15, 0.2) is 72.8 Å². The summed E-state index contributed by atoms with van der Waals surface area (Å²) in [5, 5.41) is 3.65. The highest BCUT2D eigenvalue weighted by atomic mass is 32.1. The average Bonchev–Trinajstić information content (AvgIpc) is 3.39. The number of thiazole rings is 1. The molecule has 37 heavy (non-hydrogen) atoms. The first-order valence-corrected chi connectivity index (χ1v) is 13.2. The monoisotopic (exact) mass is 514 g/mol. The zero-order valence-corrected chi connectivity index (χ0v) is 21.8. The van der Waals surface area contributed by atoms with Gasteiger partial charge in [0.2, 0.25) is 0 Å². The number of urea groups is 1. The van der Waals surface area contributed by atoms with Crippen molar-refractivity contribution in [1.29, 1.82) is 0 Å². The van der Waals surface area contributed by atoms with Crippen molar-refractivity contribution in [3.63, 3.8) is 0 Å². The Morgan fingerprint density at radius 2 is 1.84 bits per heavy atom. The van der Waals surface area contributed by atoms with Gasteiger partial charge in [-0.25, -0.2) is 9.78 Å². The largest absolute Gasteiger partial charge is 0.497 e. The third-order valence-electron chi connectivity index (χ3n) is 6.82. The SMILES string of the molecule is CNC(=O)N(Cc1ccccc1)C1CCN(C(=O)c2cccc(-c3nc4ccc(OC)cc4s3)c2)CC1. The Bertz CT molecular complexity index is 1400. The highest BCUT2D eigenvalue weighted by Crippen LogP contribution is 2.33. The molecule has 2 heterocycles. The van der Waals surface area contributed by atoms with Gasteiger partial charge in [-0.1, -0.05) is 42.5 Å². The normalized spacial score (nSPS) is 13.9. The van der Waals surface area contributed by atoms with Crippen molar-refractivity contribution >= 4 is 33.5 Å². The second kappa shape index (κ2) is 11.0. The van der Waals surface area contributed by atoms with E-state index >= 15 is 0 Å². The topological polar surface area (TPSA) is 74.8 Å². The summed E-state index contributed by atoms with van der Waals surface area (Å²) >= 11 is 1.59. The minimum atomic E-state index is -0.0882. The van der Waals surface area contributed by atoms with Gasteiger partial charge in [-0.05, 0) is 48.7 Å². The number of hydrogen-bond donors (Lipinski definition) is 1. The van der Waals surface area contributed by atoms with Crippen LogP contribution in [0.2, 0.25) is 0 Å². The first kappa shape index (κ1) is 24.8. The zero-order chi connectivity index (χ0) is 25.8. The number of benzene rings is 3. The van der Waals surface area contributed by atoms with E-state index in [1.54, 1.807) is 25.5 Å². The predicted octanol–water partition coefficient (Wildman–Crippen LogP) is 5.42. The molecule has 190 valence electrons. The van der Waals surface area contributed by atoms with Gasteiger partial charge >= 0.3 is 6.03 Å². The third kappa shape index (κ3) is 5.44. The molecule has 3 amide bonds. The maximum absolute atomic E-state index is 13.4. The van der Waals surface area contributed by atoms with Crippen molar-refractivity contribution in [2.75, 3.05) is 27.2 Å². The van der Waals surface area contributed by atoms with Crippen LogP contribution in [0.4, 0.5) is 4.79 Å². The van der Waals surface area contributed by atoms with E-state index in [0.29, 0.717) is 25.2 Å². The molecule has 4 aromatic rings. The van der Waals surface area contributed by atoms with E-state index in [-0.39, 0.29) is 18.0 Å². The molecule has 8 heteroatoms. The van der Waals surface area contributed by atoms with E-state index in [1.165, 1.54) is 0 Å². The second-order valence-electron chi connectivity index (χ2n) is 9.13. The number of ether oxygens (including phenoxy) is 1. The number of likely N-dealkylation sites (tertiary alicyclic amines) is 1. The van der Waals surface area contributed by atoms with Crippen molar-refractivity contribution in [2.24, 2.45) is 0 Å². The number of amides is 3. The smallest absolute Gasteiger partial charge is 0.317 e. The Labute approximate surface area is 220 Å². The minimum absolute atomic E-state index is 0.0117. The second-order valence-corrected chi connectivity index (χ2v) is 10.2. The molecule has 0 bridgehead atoms. The van der Waals surface area contributed by atoms with Crippen LogP contribution in [0.25, 0.3) is 20.8 Å². The molecule has 1 aliphatic rings. The van der Waals surface area contributed by atoms with Gasteiger partial charge in [0.1, 0.15) is 10.8 Å². The van der Waals surface area contributed by atoms with Crippen LogP contribution in [0.5, 0.6) is 5.75 Å². The fourth-order valence-electron chi connectivity index (χ4n) is 4.79. The number of piperidine rings is 1. The van der Waals surface area contributed by atoms with Crippen LogP contribution < -0.4 is 10.1 Å². The van der Waals surface area contributed by atoms with E-state index < -0.39 is 0 Å². The standard InChI is InChI=1S/C29H30N4O3S/c1-30-29(35)33(19-20-7-4-3-5-8-20)23-13-15-32(16-14-23)28(34)22-10-6-9-21(17-22)27-31-25-12-11-24(36-2)18-26(25)37-27/h3-12,17-18,23H,13-16,19H2,1-2H3,(H,30,35). The quantitative estimate of drug-likeness (QED) is 0.373. The van der Waals surface area contributed by atoms with E-state index in [2.05, 4.69) is 5.32 Å². The van der Waals surface area contributed by atoms with Crippen molar-refractivity contribution < 1.29 is 14.3 Å². The number of aromatic nitrogens is 1. The molecule has 0 aliphatic carbocycles. The summed E-state index contributed by atoms with van der Waals surface area (Å²) in [5.74, 6) is 0.811. The van der Waals surface area contributed by atoms with Gasteiger partial charge in [0, 0.05) is 43.9 Å². The summed E-state index contributed by atoms with van der Waals surface area (Å²) in [6.07, 6.45) is 1.48. The molecule has 0 atom stereocenters. The summed E-state index contributed by atoms with van der Waals surface area (Å²) in [6, 6.07) is 23.5. The van der Waals surface area contributed by atoms with Crippen LogP contribution in [0.3, 0.4) is 0 Å². The highest BCUT2D eigenvalue weighted by molar-refractivity contribution is 7.21. The minimum Gasteiger partial charge on any atom is -0.497 e. The first-order valence-electron chi connectivity index (χ1n) is 12.4. The summed E-state index contributed by atoms with van der Waals surface area (Å²) in [7, 11) is 3.31. The van der Waals surface area contributed by atoms with E-state index in [9.17, 15) is 9.59 Å². The molecule has 0 radical (unpaired) electrons. The van der Waals surface area contributed by atoms with Crippen molar-refractivity contribution in [2.45, 2.75) is 25.4 Å². The van der Waals surface area contributed by atoms with Gasteiger partial charge in [-0.2, -0.15) is 0 Å². The average molecular weight is 515 g/mol. The molecule has 1 aliphatic heterocycles. The Morgan fingerprint density at radius 3 is 2.57 bits per heavy atom. The number of carbonyl (C=O) groups excluding carboxylic acids is 2. The fraction of sp³-hybridized carbons (Fsp3) is 0.276. The molecule has 0 spiro atoms. The Kier molecular flexibility index (Phi) is 7.37. The van der Waals surface area contributed by atoms with Crippen molar-refractivity contribution in [3.05, 3.63) is 83.9 Å². The molecule has 0 unspecified atom stereocenters. The molecule has 1 aromatic heterocycles. The van der Waals surface area contributed by atoms with E-state index in [1.807, 2.05) is 82.6 Å². The van der Waals surface area contributed by atoms with Crippen LogP contribution in [0.1, 0.15) is 28.8 Å². The van der Waals surface area contributed by atoms with Gasteiger partial charge < -0.3 is 19.9 Å². The number of fused-ring (bicyclic) bond motifs is 1. The molecule has 3 aromatic carbocycles. The maximum Gasteiger partial charge on any atom is 0.317 e. The van der Waals surface area contributed by atoms with E-state index in [4.69, 9.17) is 9.72 Å². The van der Waals surface area contributed by atoms with Crippen molar-refractivity contribution in [1.82, 2.24) is 20.1 Å². The first-order chi connectivity index (χ1) is 18.1. The molecular formula is C29H30N4O3S. The maximum atomic E-state index is 13.4. The van der Waals surface area contributed by atoms with Crippen molar-refractivity contribution in [3.8, 4) is 16.3 Å². The summed E-state index contributed by atoms with van der Waals surface area (Å²) < 4.78 is 6.38. The van der Waals surface area contributed by atoms with Crippen LogP contribution in [0, 0.1) is 0 Å². The van der Waals surface area contributed by atoms with Gasteiger partial charge in [0.05, 0.1) is 17.3 Å². The Hall–Kier alpha value is -3.91. The van der Waals surface area contributed by atoms with Crippen LogP contribution in [-0.2, 0) is 6.54 Å². The van der Waals surface area contributed by atoms with Gasteiger partial charge in [0.25, 0.3) is 5.91 Å². The number of hydrogen-bond acceptors (Lipinski definition) is 5.